The summed E-state index contributed by atoms with van der Waals surface area (Å²) in [6, 6.07) is 0. The second-order valence-electron chi connectivity index (χ2n) is 4.37. The van der Waals surface area contributed by atoms with Crippen molar-refractivity contribution in [3.63, 3.8) is 0 Å². The molecule has 0 fully saturated rings. The Kier molecular flexibility index (Phi) is 3.52. The van der Waals surface area contributed by atoms with Gasteiger partial charge in [0, 0.05) is 17.6 Å². The highest BCUT2D eigenvalue weighted by Crippen LogP contribution is 2.23. The molecule has 0 spiro atoms. The van der Waals surface area contributed by atoms with Crippen LogP contribution in [0.4, 0.5) is 0 Å². The SMILES string of the molecule is Cc1cn2c(CNCC(C)C)c(Cl)nc2s1. The maximum atomic E-state index is 6.11. The lowest BCUT2D eigenvalue weighted by Crippen LogP contribution is -2.19. The zero-order valence-electron chi connectivity index (χ0n) is 9.75. The minimum absolute atomic E-state index is 0.613. The highest BCUT2D eigenvalue weighted by molar-refractivity contribution is 7.17. The van der Waals surface area contributed by atoms with Crippen LogP contribution in [0.5, 0.6) is 0 Å². The maximum absolute atomic E-state index is 6.11. The van der Waals surface area contributed by atoms with Crippen LogP contribution in [0.3, 0.4) is 0 Å². The lowest BCUT2D eigenvalue weighted by molar-refractivity contribution is 0.547. The first kappa shape index (κ1) is 11.9. The number of hydrogen-bond acceptors (Lipinski definition) is 3. The molecule has 0 saturated carbocycles. The fraction of sp³-hybridized carbons (Fsp3) is 0.545. The second kappa shape index (κ2) is 4.73. The van der Waals surface area contributed by atoms with Crippen molar-refractivity contribution in [3.8, 4) is 0 Å². The molecule has 0 atom stereocenters. The number of imidazole rings is 1. The van der Waals surface area contributed by atoms with Gasteiger partial charge < -0.3 is 5.32 Å². The van der Waals surface area contributed by atoms with Crippen LogP contribution in [0.1, 0.15) is 24.4 Å². The van der Waals surface area contributed by atoms with Gasteiger partial charge in [0.2, 0.25) is 0 Å². The molecule has 0 unspecified atom stereocenters. The smallest absolute Gasteiger partial charge is 0.195 e. The normalized spacial score (nSPS) is 11.8. The summed E-state index contributed by atoms with van der Waals surface area (Å²) in [6.07, 6.45) is 2.09. The number of fused-ring (bicyclic) bond motifs is 1. The Morgan fingerprint density at radius 2 is 2.31 bits per heavy atom. The minimum atomic E-state index is 0.613. The number of aromatic nitrogens is 2. The Labute approximate surface area is 104 Å². The van der Waals surface area contributed by atoms with Crippen LogP contribution in [-0.4, -0.2) is 15.9 Å². The molecule has 2 rings (SSSR count). The van der Waals surface area contributed by atoms with Crippen LogP contribution < -0.4 is 5.32 Å². The summed E-state index contributed by atoms with van der Waals surface area (Å²) < 4.78 is 2.08. The number of aryl methyl sites for hydroxylation is 1. The van der Waals surface area contributed by atoms with E-state index in [2.05, 4.69) is 41.7 Å². The Bertz CT molecular complexity index is 487. The number of nitrogens with one attached hydrogen (secondary N) is 1. The number of hydrogen-bond donors (Lipinski definition) is 1. The number of rotatable bonds is 4. The van der Waals surface area contributed by atoms with E-state index in [0.29, 0.717) is 11.1 Å². The molecule has 0 saturated heterocycles. The van der Waals surface area contributed by atoms with Crippen molar-refractivity contribution < 1.29 is 0 Å². The van der Waals surface area contributed by atoms with Gasteiger partial charge in [-0.2, -0.15) is 0 Å². The molecule has 0 aliphatic rings. The van der Waals surface area contributed by atoms with Gasteiger partial charge in [-0.05, 0) is 19.4 Å². The predicted octanol–water partition coefficient (Wildman–Crippen LogP) is 3.10. The highest BCUT2D eigenvalue weighted by atomic mass is 35.5. The Morgan fingerprint density at radius 3 is 3.00 bits per heavy atom. The van der Waals surface area contributed by atoms with Crippen LogP contribution in [0.15, 0.2) is 6.20 Å². The third-order valence-electron chi connectivity index (χ3n) is 2.34. The van der Waals surface area contributed by atoms with Crippen molar-refractivity contribution in [1.29, 1.82) is 0 Å². The van der Waals surface area contributed by atoms with E-state index < -0.39 is 0 Å². The van der Waals surface area contributed by atoms with Crippen LogP contribution in [0, 0.1) is 12.8 Å². The van der Waals surface area contributed by atoms with E-state index in [0.717, 1.165) is 23.7 Å². The molecule has 0 aromatic carbocycles. The van der Waals surface area contributed by atoms with Crippen molar-refractivity contribution >= 4 is 27.9 Å². The van der Waals surface area contributed by atoms with Crippen LogP contribution in [-0.2, 0) is 6.54 Å². The summed E-state index contributed by atoms with van der Waals surface area (Å²) in [4.78, 5) is 6.57. The average Bonchev–Trinajstić information content (AvgIpc) is 2.64. The molecule has 0 bridgehead atoms. The molecular weight excluding hydrogens is 242 g/mol. The Morgan fingerprint density at radius 1 is 1.56 bits per heavy atom. The van der Waals surface area contributed by atoms with Crippen LogP contribution in [0.25, 0.3) is 4.96 Å². The van der Waals surface area contributed by atoms with E-state index in [9.17, 15) is 0 Å². The third-order valence-corrected chi connectivity index (χ3v) is 3.54. The first-order valence-electron chi connectivity index (χ1n) is 5.41. The minimum Gasteiger partial charge on any atom is -0.311 e. The molecule has 88 valence electrons. The second-order valence-corrected chi connectivity index (χ2v) is 5.94. The van der Waals surface area contributed by atoms with Crippen molar-refractivity contribution in [3.05, 3.63) is 21.9 Å². The lowest BCUT2D eigenvalue weighted by atomic mass is 10.2. The third kappa shape index (κ3) is 2.39. The summed E-state index contributed by atoms with van der Waals surface area (Å²) in [5.41, 5.74) is 1.06. The molecular formula is C11H16ClN3S. The van der Waals surface area contributed by atoms with E-state index in [1.54, 1.807) is 11.3 Å². The highest BCUT2D eigenvalue weighted by Gasteiger charge is 2.11. The van der Waals surface area contributed by atoms with Gasteiger partial charge in [-0.15, -0.1) is 11.3 Å². The van der Waals surface area contributed by atoms with Gasteiger partial charge in [-0.1, -0.05) is 25.4 Å². The van der Waals surface area contributed by atoms with Gasteiger partial charge in [-0.3, -0.25) is 4.40 Å². The number of nitrogens with zero attached hydrogens (tertiary/aromatic N) is 2. The Hall–Kier alpha value is -0.580. The molecule has 0 amide bonds. The van der Waals surface area contributed by atoms with Gasteiger partial charge in [0.25, 0.3) is 0 Å². The molecule has 5 heteroatoms. The molecule has 3 nitrogen and oxygen atoms in total. The largest absolute Gasteiger partial charge is 0.311 e. The summed E-state index contributed by atoms with van der Waals surface area (Å²) >= 11 is 7.78. The van der Waals surface area contributed by atoms with E-state index in [1.165, 1.54) is 4.88 Å². The van der Waals surface area contributed by atoms with Crippen LogP contribution >= 0.6 is 22.9 Å². The zero-order chi connectivity index (χ0) is 11.7. The molecule has 0 aliphatic heterocycles. The van der Waals surface area contributed by atoms with E-state index >= 15 is 0 Å². The first-order chi connectivity index (χ1) is 7.58. The molecule has 2 aromatic rings. The molecule has 0 radical (unpaired) electrons. The van der Waals surface area contributed by atoms with E-state index in [-0.39, 0.29) is 0 Å². The van der Waals surface area contributed by atoms with Crippen molar-refractivity contribution in [2.45, 2.75) is 27.3 Å². The van der Waals surface area contributed by atoms with Crippen LogP contribution in [0.2, 0.25) is 5.15 Å². The standard InChI is InChI=1S/C11H16ClN3S/c1-7(2)4-13-5-9-10(12)14-11-15(9)6-8(3)16-11/h6-7,13H,4-5H2,1-3H3. The van der Waals surface area contributed by atoms with Crippen molar-refractivity contribution in [2.24, 2.45) is 5.92 Å². The fourth-order valence-electron chi connectivity index (χ4n) is 1.61. The molecule has 1 N–H and O–H groups in total. The van der Waals surface area contributed by atoms with Gasteiger partial charge in [-0.25, -0.2) is 4.98 Å². The summed E-state index contributed by atoms with van der Waals surface area (Å²) in [5.74, 6) is 0.645. The average molecular weight is 258 g/mol. The molecule has 2 aromatic heterocycles. The predicted molar refractivity (Wildman–Crippen MR) is 69.4 cm³/mol. The molecule has 16 heavy (non-hydrogen) atoms. The number of thiazole rings is 1. The van der Waals surface area contributed by atoms with Crippen molar-refractivity contribution in [2.75, 3.05) is 6.54 Å². The maximum Gasteiger partial charge on any atom is 0.195 e. The summed E-state index contributed by atoms with van der Waals surface area (Å²) in [7, 11) is 0. The lowest BCUT2D eigenvalue weighted by Gasteiger charge is -2.06. The first-order valence-corrected chi connectivity index (χ1v) is 6.61. The topological polar surface area (TPSA) is 29.3 Å². The molecule has 0 aliphatic carbocycles. The van der Waals surface area contributed by atoms with Gasteiger partial charge in [0.05, 0.1) is 5.69 Å². The van der Waals surface area contributed by atoms with E-state index in [4.69, 9.17) is 11.6 Å². The summed E-state index contributed by atoms with van der Waals surface area (Å²) in [5, 5.41) is 4.00. The Balaban J connectivity index is 2.18. The van der Waals surface area contributed by atoms with Gasteiger partial charge >= 0.3 is 0 Å². The van der Waals surface area contributed by atoms with Crippen molar-refractivity contribution in [1.82, 2.24) is 14.7 Å². The zero-order valence-corrected chi connectivity index (χ0v) is 11.3. The number of halogens is 1. The quantitative estimate of drug-likeness (QED) is 0.912. The van der Waals surface area contributed by atoms with E-state index in [1.807, 2.05) is 0 Å². The fourth-order valence-corrected chi connectivity index (χ4v) is 2.74. The summed E-state index contributed by atoms with van der Waals surface area (Å²) in [6.45, 7) is 8.23. The van der Waals surface area contributed by atoms with Gasteiger partial charge in [0.15, 0.2) is 10.1 Å². The van der Waals surface area contributed by atoms with Gasteiger partial charge in [0.1, 0.15) is 0 Å². The molecule has 2 heterocycles. The monoisotopic (exact) mass is 257 g/mol.